The fraction of sp³-hybridized carbons (Fsp3) is 0.395. The van der Waals surface area contributed by atoms with Crippen LogP contribution in [0.4, 0.5) is 0 Å². The zero-order valence-corrected chi connectivity index (χ0v) is 29.1. The Balaban J connectivity index is 1.38. The highest BCUT2D eigenvalue weighted by Crippen LogP contribution is 2.24. The molecule has 2 heterocycles. The summed E-state index contributed by atoms with van der Waals surface area (Å²) in [5.74, 6) is -0.940. The number of benzene rings is 3. The number of piperazine rings is 1. The highest BCUT2D eigenvalue weighted by molar-refractivity contribution is 5.94. The summed E-state index contributed by atoms with van der Waals surface area (Å²) < 4.78 is 0. The molecule has 12 heteroatoms. The molecule has 0 radical (unpaired) electrons. The van der Waals surface area contributed by atoms with E-state index in [0.717, 1.165) is 27.6 Å². The van der Waals surface area contributed by atoms with Crippen molar-refractivity contribution in [1.82, 2.24) is 25.1 Å². The molecule has 8 N–H and O–H groups in total. The molecule has 0 unspecified atom stereocenters. The van der Waals surface area contributed by atoms with Crippen LogP contribution >= 0.6 is 0 Å². The summed E-state index contributed by atoms with van der Waals surface area (Å²) in [4.78, 5) is 57.0. The van der Waals surface area contributed by atoms with Crippen LogP contribution in [-0.4, -0.2) is 87.3 Å². The number of nitrogens with two attached hydrogens (primary N) is 3. The fourth-order valence-corrected chi connectivity index (χ4v) is 6.74. The number of aromatic amines is 1. The smallest absolute Gasteiger partial charge is 0.246 e. The van der Waals surface area contributed by atoms with Gasteiger partial charge in [-0.25, -0.2) is 4.98 Å². The van der Waals surface area contributed by atoms with E-state index in [9.17, 15) is 14.4 Å². The molecule has 50 heavy (non-hydrogen) atoms. The number of H-pyrrole nitrogens is 1. The van der Waals surface area contributed by atoms with E-state index in [-0.39, 0.29) is 36.7 Å². The van der Waals surface area contributed by atoms with Crippen molar-refractivity contribution in [2.45, 2.75) is 77.0 Å². The van der Waals surface area contributed by atoms with Crippen LogP contribution < -0.4 is 22.5 Å². The maximum Gasteiger partial charge on any atom is 0.246 e. The lowest BCUT2D eigenvalue weighted by Crippen LogP contribution is -2.65. The Morgan fingerprint density at radius 2 is 1.84 bits per heavy atom. The van der Waals surface area contributed by atoms with Crippen LogP contribution in [0.1, 0.15) is 47.7 Å². The van der Waals surface area contributed by atoms with Gasteiger partial charge in [-0.1, -0.05) is 66.2 Å². The Morgan fingerprint density at radius 3 is 2.56 bits per heavy atom. The van der Waals surface area contributed by atoms with Crippen LogP contribution in [0.2, 0.25) is 0 Å². The minimum absolute atomic E-state index is 0.0266. The molecule has 5 rings (SSSR count). The van der Waals surface area contributed by atoms with Crippen molar-refractivity contribution in [2.75, 3.05) is 19.6 Å². The Hall–Kier alpha value is -5.23. The number of amides is 3. The molecule has 1 aromatic heterocycles. The molecule has 1 aliphatic heterocycles. The molecular weight excluding hydrogens is 630 g/mol. The lowest BCUT2D eigenvalue weighted by atomic mass is 9.95. The normalized spacial score (nSPS) is 17.4. The van der Waals surface area contributed by atoms with Crippen molar-refractivity contribution < 1.29 is 14.4 Å². The number of fused-ring (bicyclic) bond motifs is 1. The number of imidazole rings is 1. The van der Waals surface area contributed by atoms with Crippen LogP contribution in [-0.2, 0) is 33.6 Å². The third kappa shape index (κ3) is 9.06. The van der Waals surface area contributed by atoms with Crippen LogP contribution in [0, 0.1) is 13.8 Å². The van der Waals surface area contributed by atoms with E-state index in [0.29, 0.717) is 44.6 Å². The number of hydrogen-bond donors (Lipinski definition) is 5. The van der Waals surface area contributed by atoms with Gasteiger partial charge in [-0.15, -0.1) is 0 Å². The van der Waals surface area contributed by atoms with Gasteiger partial charge < -0.3 is 37.3 Å². The van der Waals surface area contributed by atoms with Gasteiger partial charge in [-0.3, -0.25) is 19.4 Å². The highest BCUT2D eigenvalue weighted by atomic mass is 16.2. The minimum atomic E-state index is -0.943. The molecule has 1 fully saturated rings. The van der Waals surface area contributed by atoms with Gasteiger partial charge in [0.25, 0.3) is 0 Å². The van der Waals surface area contributed by atoms with Gasteiger partial charge in [0.15, 0.2) is 5.96 Å². The Morgan fingerprint density at radius 1 is 1.06 bits per heavy atom. The van der Waals surface area contributed by atoms with Gasteiger partial charge in [-0.05, 0) is 67.5 Å². The maximum absolute atomic E-state index is 14.6. The second-order valence-electron chi connectivity index (χ2n) is 13.4. The van der Waals surface area contributed by atoms with Crippen LogP contribution in [0.25, 0.3) is 10.8 Å². The van der Waals surface area contributed by atoms with Crippen molar-refractivity contribution in [1.29, 1.82) is 0 Å². The zero-order valence-electron chi connectivity index (χ0n) is 29.1. The van der Waals surface area contributed by atoms with E-state index in [1.165, 1.54) is 11.7 Å². The van der Waals surface area contributed by atoms with Gasteiger partial charge in [0.2, 0.25) is 17.7 Å². The Bertz CT molecular complexity index is 1820. The van der Waals surface area contributed by atoms with Crippen molar-refractivity contribution in [3.63, 3.8) is 0 Å². The zero-order chi connectivity index (χ0) is 35.8. The standard InChI is InChI=1S/C38H49N9O3/c1-24-10-12-29(25(2)17-24)19-33(45-35(48)32(39)20-31-21-42-23-44-31)36(49)47-22-26(3)46(37(50)34(47)9-6-15-43-38(40)41)16-14-27-11-13-28-7-4-5-8-30(28)18-27/h4-5,7-8,10-13,17-18,21,23,26,32-34H,6,9,14-16,19-20,22,39H2,1-3H3,(H,42,44)(H,45,48)(H4,40,41,43)/t26-,32+,33-,34+/m1/s1. The van der Waals surface area contributed by atoms with Gasteiger partial charge in [0.05, 0.1) is 12.4 Å². The van der Waals surface area contributed by atoms with Gasteiger partial charge in [0.1, 0.15) is 12.1 Å². The number of aromatic nitrogens is 2. The second kappa shape index (κ2) is 16.4. The van der Waals surface area contributed by atoms with E-state index in [2.05, 4.69) is 56.7 Å². The molecule has 4 atom stereocenters. The van der Waals surface area contributed by atoms with Crippen LogP contribution in [0.3, 0.4) is 0 Å². The minimum Gasteiger partial charge on any atom is -0.370 e. The SMILES string of the molecule is Cc1ccc(C[C@@H](NC(=O)[C@@H](N)Cc2cnc[nH]2)C(=O)N2C[C@@H](C)N(CCc3ccc4ccccc4c3)C(=O)[C@@H]2CCCN=C(N)N)c(C)c1. The van der Waals surface area contributed by atoms with E-state index in [1.54, 1.807) is 11.1 Å². The Labute approximate surface area is 293 Å². The van der Waals surface area contributed by atoms with Gasteiger partial charge in [0, 0.05) is 50.4 Å². The molecule has 12 nitrogen and oxygen atoms in total. The molecular formula is C38H49N9O3. The number of carbonyl (C=O) groups is 3. The largest absolute Gasteiger partial charge is 0.370 e. The molecule has 0 bridgehead atoms. The number of aryl methyl sites for hydroxylation is 2. The monoisotopic (exact) mass is 679 g/mol. The number of hydrogen-bond acceptors (Lipinski definition) is 6. The molecule has 1 saturated heterocycles. The molecule has 0 saturated carbocycles. The van der Waals surface area contributed by atoms with Crippen molar-refractivity contribution in [3.05, 3.63) is 101 Å². The summed E-state index contributed by atoms with van der Waals surface area (Å²) in [6.45, 7) is 7.11. The van der Waals surface area contributed by atoms with Gasteiger partial charge >= 0.3 is 0 Å². The topological polar surface area (TPSA) is 189 Å². The summed E-state index contributed by atoms with van der Waals surface area (Å²) in [5, 5.41) is 5.27. The molecule has 0 aliphatic carbocycles. The van der Waals surface area contributed by atoms with Crippen molar-refractivity contribution in [3.8, 4) is 0 Å². The predicted molar refractivity (Wildman–Crippen MR) is 196 cm³/mol. The second-order valence-corrected chi connectivity index (χ2v) is 13.4. The van der Waals surface area contributed by atoms with E-state index < -0.39 is 24.0 Å². The third-order valence-electron chi connectivity index (χ3n) is 9.47. The van der Waals surface area contributed by atoms with Gasteiger partial charge in [-0.2, -0.15) is 0 Å². The number of aliphatic imine (C=N–C) groups is 1. The van der Waals surface area contributed by atoms with Crippen molar-refractivity contribution in [2.24, 2.45) is 22.2 Å². The molecule has 264 valence electrons. The highest BCUT2D eigenvalue weighted by Gasteiger charge is 2.42. The molecule has 3 aromatic carbocycles. The average molecular weight is 680 g/mol. The van der Waals surface area contributed by atoms with E-state index >= 15 is 0 Å². The molecule has 3 amide bonds. The van der Waals surface area contributed by atoms with E-state index in [1.807, 2.05) is 49.9 Å². The number of guanidine groups is 1. The first-order valence-electron chi connectivity index (χ1n) is 17.2. The first kappa shape index (κ1) is 36.1. The lowest BCUT2D eigenvalue weighted by molar-refractivity contribution is -0.156. The summed E-state index contributed by atoms with van der Waals surface area (Å²) in [6.07, 6.45) is 5.16. The number of nitrogens with zero attached hydrogens (tertiary/aromatic N) is 4. The fourth-order valence-electron chi connectivity index (χ4n) is 6.74. The predicted octanol–water partition coefficient (Wildman–Crippen LogP) is 2.50. The lowest BCUT2D eigenvalue weighted by Gasteiger charge is -2.46. The first-order valence-corrected chi connectivity index (χ1v) is 17.2. The molecule has 1 aliphatic rings. The Kier molecular flexibility index (Phi) is 11.9. The van der Waals surface area contributed by atoms with Crippen LogP contribution in [0.15, 0.2) is 78.2 Å². The average Bonchev–Trinajstić information content (AvgIpc) is 3.60. The summed E-state index contributed by atoms with van der Waals surface area (Å²) >= 11 is 0. The summed E-state index contributed by atoms with van der Waals surface area (Å²) in [7, 11) is 0. The number of rotatable bonds is 14. The summed E-state index contributed by atoms with van der Waals surface area (Å²) in [6, 6.07) is 17.7. The van der Waals surface area contributed by atoms with E-state index in [4.69, 9.17) is 17.2 Å². The third-order valence-corrected chi connectivity index (χ3v) is 9.47. The molecule has 4 aromatic rings. The maximum atomic E-state index is 14.6. The summed E-state index contributed by atoms with van der Waals surface area (Å²) in [5.41, 5.74) is 22.3. The van der Waals surface area contributed by atoms with Crippen molar-refractivity contribution >= 4 is 34.5 Å². The number of carbonyl (C=O) groups excluding carboxylic acids is 3. The van der Waals surface area contributed by atoms with Crippen LogP contribution in [0.5, 0.6) is 0 Å². The quantitative estimate of drug-likeness (QED) is 0.0769. The first-order chi connectivity index (χ1) is 24.0. The number of nitrogens with one attached hydrogen (secondary N) is 2. The molecule has 0 spiro atoms.